The average Bonchev–Trinajstić information content (AvgIpc) is 3.48. The molecule has 0 aliphatic rings. The Hall–Kier alpha value is -9.64. The summed E-state index contributed by atoms with van der Waals surface area (Å²) in [6.07, 6.45) is 0. The molecule has 12 aromatic rings. The minimum absolute atomic E-state index is 0.599. The van der Waals surface area contributed by atoms with Crippen molar-refractivity contribution in [2.45, 2.75) is 0 Å². The van der Waals surface area contributed by atoms with Crippen LogP contribution in [0.2, 0.25) is 0 Å². The van der Waals surface area contributed by atoms with Gasteiger partial charge in [0.05, 0.1) is 11.4 Å². The van der Waals surface area contributed by atoms with E-state index < -0.39 is 0 Å². The Labute approximate surface area is 420 Å². The van der Waals surface area contributed by atoms with E-state index in [1.165, 1.54) is 0 Å². The molecule has 0 bridgehead atoms. The second-order valence-corrected chi connectivity index (χ2v) is 17.8. The van der Waals surface area contributed by atoms with Crippen LogP contribution in [0.25, 0.3) is 123 Å². The lowest BCUT2D eigenvalue weighted by molar-refractivity contribution is 1.07. The summed E-state index contributed by atoms with van der Waals surface area (Å²) in [4.78, 5) is 21.2. The molecule has 0 spiro atoms. The summed E-state index contributed by atoms with van der Waals surface area (Å²) >= 11 is 0. The fraction of sp³-hybridized carbons (Fsp3) is 0. The summed E-state index contributed by atoms with van der Waals surface area (Å²) in [5.74, 6) is 1.82. The van der Waals surface area contributed by atoms with Crippen LogP contribution in [0, 0.1) is 0 Å². The summed E-state index contributed by atoms with van der Waals surface area (Å²) in [5, 5.41) is 0. The number of nitrogens with zero attached hydrogens (tertiary/aromatic N) is 4. The van der Waals surface area contributed by atoms with E-state index >= 15 is 0 Å². The third kappa shape index (κ3) is 8.93. The molecule has 10 aromatic carbocycles. The number of rotatable bonds is 11. The van der Waals surface area contributed by atoms with Crippen molar-refractivity contribution in [3.05, 3.63) is 279 Å². The summed E-state index contributed by atoms with van der Waals surface area (Å²) in [5.41, 5.74) is 19.8. The predicted molar refractivity (Wildman–Crippen MR) is 297 cm³/mol. The molecule has 0 fully saturated rings. The number of hydrogen-bond acceptors (Lipinski definition) is 4. The smallest absolute Gasteiger partial charge is 0.164 e. The zero-order chi connectivity index (χ0) is 48.1. The van der Waals surface area contributed by atoms with Crippen molar-refractivity contribution in [1.82, 2.24) is 19.9 Å². The summed E-state index contributed by atoms with van der Waals surface area (Å²) < 4.78 is 0. The van der Waals surface area contributed by atoms with E-state index in [4.69, 9.17) is 19.9 Å². The second kappa shape index (κ2) is 19.8. The van der Waals surface area contributed by atoms with E-state index in [9.17, 15) is 0 Å². The molecule has 0 amide bonds. The van der Waals surface area contributed by atoms with Gasteiger partial charge in [0.25, 0.3) is 0 Å². The summed E-state index contributed by atoms with van der Waals surface area (Å²) in [6.45, 7) is 0. The van der Waals surface area contributed by atoms with E-state index in [2.05, 4.69) is 249 Å². The topological polar surface area (TPSA) is 51.6 Å². The molecule has 338 valence electrons. The fourth-order valence-electron chi connectivity index (χ4n) is 9.62. The SMILES string of the molecule is c1ccc(-c2cc(-c3ccccc3)cc(-c3nc(-c4ccccc4)nc(-c4cccc(-c5ccc(-c6c(-c7ccccc7)c(-c7ccccc7)nc(-c7ccccc7)c6-c6ccccc6)cc5)c4)n3)c2)cc1. The van der Waals surface area contributed by atoms with E-state index in [0.29, 0.717) is 17.5 Å². The van der Waals surface area contributed by atoms with E-state index in [1.807, 2.05) is 30.3 Å². The normalized spacial score (nSPS) is 11.1. The molecule has 0 aliphatic heterocycles. The largest absolute Gasteiger partial charge is 0.246 e. The van der Waals surface area contributed by atoms with Crippen LogP contribution in [-0.4, -0.2) is 19.9 Å². The third-order valence-corrected chi connectivity index (χ3v) is 13.1. The molecule has 2 heterocycles. The lowest BCUT2D eigenvalue weighted by atomic mass is 9.83. The Balaban J connectivity index is 1.01. The van der Waals surface area contributed by atoms with Crippen LogP contribution >= 0.6 is 0 Å². The maximum atomic E-state index is 5.63. The fourth-order valence-corrected chi connectivity index (χ4v) is 9.62. The van der Waals surface area contributed by atoms with Crippen molar-refractivity contribution in [2.24, 2.45) is 0 Å². The molecule has 0 saturated heterocycles. The van der Waals surface area contributed by atoms with Crippen LogP contribution in [0.5, 0.6) is 0 Å². The van der Waals surface area contributed by atoms with Crippen LogP contribution in [0.1, 0.15) is 0 Å². The van der Waals surface area contributed by atoms with Crippen LogP contribution in [0.4, 0.5) is 0 Å². The molecule has 2 aromatic heterocycles. The number of benzene rings is 10. The molecule has 12 rings (SSSR count). The Morgan fingerprint density at radius 1 is 0.153 bits per heavy atom. The molecular formula is C68H46N4. The van der Waals surface area contributed by atoms with Gasteiger partial charge in [-0.15, -0.1) is 0 Å². The van der Waals surface area contributed by atoms with Gasteiger partial charge < -0.3 is 0 Å². The van der Waals surface area contributed by atoms with E-state index in [0.717, 1.165) is 106 Å². The third-order valence-electron chi connectivity index (χ3n) is 13.1. The maximum Gasteiger partial charge on any atom is 0.164 e. The molecule has 0 unspecified atom stereocenters. The first-order chi connectivity index (χ1) is 35.7. The maximum absolute atomic E-state index is 5.63. The standard InChI is InChI=1S/C68H46N4/c1-8-23-47(24-9-1)58-44-59(48-25-10-2-11-26-48)46-60(45-58)68-71-66(55-35-20-7-21-36-55)70-67(72-68)57-38-22-37-56(43-57)49-39-41-52(42-40-49)61-62(50-27-12-3-13-28-50)64(53-31-16-5-17-32-53)69-65(54-33-18-6-19-34-54)63(61)51-29-14-4-15-30-51/h1-46H. The molecule has 72 heavy (non-hydrogen) atoms. The van der Waals surface area contributed by atoms with Gasteiger partial charge in [0.1, 0.15) is 0 Å². The molecule has 0 N–H and O–H groups in total. The first kappa shape index (κ1) is 43.6. The zero-order valence-corrected chi connectivity index (χ0v) is 39.3. The van der Waals surface area contributed by atoms with Gasteiger partial charge in [-0.3, -0.25) is 0 Å². The van der Waals surface area contributed by atoms with Crippen LogP contribution in [0.15, 0.2) is 279 Å². The minimum Gasteiger partial charge on any atom is -0.246 e. The van der Waals surface area contributed by atoms with Gasteiger partial charge in [-0.25, -0.2) is 19.9 Å². The van der Waals surface area contributed by atoms with Gasteiger partial charge in [-0.1, -0.05) is 255 Å². The van der Waals surface area contributed by atoms with Crippen LogP contribution in [0.3, 0.4) is 0 Å². The second-order valence-electron chi connectivity index (χ2n) is 17.8. The quantitative estimate of drug-likeness (QED) is 0.130. The highest BCUT2D eigenvalue weighted by atomic mass is 15.0. The van der Waals surface area contributed by atoms with Crippen molar-refractivity contribution >= 4 is 0 Å². The van der Waals surface area contributed by atoms with Crippen molar-refractivity contribution in [2.75, 3.05) is 0 Å². The Morgan fingerprint density at radius 3 is 0.875 bits per heavy atom. The van der Waals surface area contributed by atoms with Crippen molar-refractivity contribution < 1.29 is 0 Å². The summed E-state index contributed by atoms with van der Waals surface area (Å²) in [6, 6.07) is 97.8. The Morgan fingerprint density at radius 2 is 0.431 bits per heavy atom. The highest BCUT2D eigenvalue weighted by Crippen LogP contribution is 2.49. The van der Waals surface area contributed by atoms with Gasteiger partial charge in [0.15, 0.2) is 17.5 Å². The average molecular weight is 919 g/mol. The monoisotopic (exact) mass is 918 g/mol. The van der Waals surface area contributed by atoms with Gasteiger partial charge in [0.2, 0.25) is 0 Å². The zero-order valence-electron chi connectivity index (χ0n) is 39.3. The number of pyridine rings is 1. The van der Waals surface area contributed by atoms with E-state index in [-0.39, 0.29) is 0 Å². The van der Waals surface area contributed by atoms with Gasteiger partial charge >= 0.3 is 0 Å². The molecule has 0 aliphatic carbocycles. The van der Waals surface area contributed by atoms with Crippen LogP contribution < -0.4 is 0 Å². The Bertz CT molecular complexity index is 3630. The van der Waals surface area contributed by atoms with Crippen molar-refractivity contribution in [3.8, 4) is 123 Å². The minimum atomic E-state index is 0.599. The van der Waals surface area contributed by atoms with Gasteiger partial charge in [0, 0.05) is 44.5 Å². The first-order valence-corrected chi connectivity index (χ1v) is 24.3. The summed E-state index contributed by atoms with van der Waals surface area (Å²) in [7, 11) is 0. The van der Waals surface area contributed by atoms with E-state index in [1.54, 1.807) is 0 Å². The lowest BCUT2D eigenvalue weighted by Crippen LogP contribution is -2.01. The predicted octanol–water partition coefficient (Wildman–Crippen LogP) is 17.6. The van der Waals surface area contributed by atoms with Crippen LogP contribution in [-0.2, 0) is 0 Å². The first-order valence-electron chi connectivity index (χ1n) is 24.3. The highest BCUT2D eigenvalue weighted by molar-refractivity contribution is 6.05. The van der Waals surface area contributed by atoms with Crippen molar-refractivity contribution in [1.29, 1.82) is 0 Å². The molecule has 4 nitrogen and oxygen atoms in total. The van der Waals surface area contributed by atoms with Gasteiger partial charge in [-0.2, -0.15) is 0 Å². The molecule has 0 saturated carbocycles. The molecule has 4 heteroatoms. The van der Waals surface area contributed by atoms with Gasteiger partial charge in [-0.05, 0) is 74.3 Å². The number of hydrogen-bond donors (Lipinski definition) is 0. The molecule has 0 atom stereocenters. The number of aromatic nitrogens is 4. The Kier molecular flexibility index (Phi) is 12.0. The molecular weight excluding hydrogens is 873 g/mol. The molecule has 0 radical (unpaired) electrons. The van der Waals surface area contributed by atoms with Crippen molar-refractivity contribution in [3.63, 3.8) is 0 Å². The highest BCUT2D eigenvalue weighted by Gasteiger charge is 2.25. The lowest BCUT2D eigenvalue weighted by Gasteiger charge is -2.23.